The van der Waals surface area contributed by atoms with Gasteiger partial charge in [-0.1, -0.05) is 37.6 Å². The molecular formula is C30H38O5. The van der Waals surface area contributed by atoms with Gasteiger partial charge >= 0.3 is 5.97 Å². The quantitative estimate of drug-likeness (QED) is 0.233. The van der Waals surface area contributed by atoms with Crippen LogP contribution in [-0.4, -0.2) is 28.1 Å². The maximum atomic E-state index is 13.4. The minimum atomic E-state index is -0.181. The molecule has 35 heavy (non-hydrogen) atoms. The molecular weight excluding hydrogens is 440 g/mol. The summed E-state index contributed by atoms with van der Waals surface area (Å²) in [4.78, 5) is 24.8. The number of carbonyl (C=O) groups is 2. The highest BCUT2D eigenvalue weighted by atomic mass is 16.5. The summed E-state index contributed by atoms with van der Waals surface area (Å²) in [6.45, 7) is 6.29. The summed E-state index contributed by atoms with van der Waals surface area (Å²) in [6, 6.07) is 4.62. The van der Waals surface area contributed by atoms with E-state index in [1.165, 1.54) is 24.6 Å². The molecule has 0 aromatic heterocycles. The number of ketones is 1. The summed E-state index contributed by atoms with van der Waals surface area (Å²) >= 11 is 0. The summed E-state index contributed by atoms with van der Waals surface area (Å²) in [7, 11) is 0. The molecule has 0 amide bonds. The number of aromatic hydroxyl groups is 2. The van der Waals surface area contributed by atoms with Crippen LogP contribution >= 0.6 is 0 Å². The van der Waals surface area contributed by atoms with Crippen LogP contribution in [0.1, 0.15) is 77.7 Å². The molecule has 7 atom stereocenters. The van der Waals surface area contributed by atoms with Crippen LogP contribution in [0.25, 0.3) is 6.08 Å². The predicted molar refractivity (Wildman–Crippen MR) is 135 cm³/mol. The highest BCUT2D eigenvalue weighted by Crippen LogP contribution is 2.66. The number of phenols is 2. The molecule has 3 fully saturated rings. The van der Waals surface area contributed by atoms with Crippen molar-refractivity contribution in [3.63, 3.8) is 0 Å². The lowest BCUT2D eigenvalue weighted by Crippen LogP contribution is -2.51. The van der Waals surface area contributed by atoms with Gasteiger partial charge in [0.05, 0.1) is 0 Å². The predicted octanol–water partition coefficient (Wildman–Crippen LogP) is 6.19. The highest BCUT2D eigenvalue weighted by molar-refractivity contribution is 5.96. The minimum absolute atomic E-state index is 0.0213. The molecule has 5 rings (SSSR count). The average Bonchev–Trinajstić information content (AvgIpc) is 3.17. The molecule has 1 aromatic carbocycles. The normalized spacial score (nSPS) is 38.3. The summed E-state index contributed by atoms with van der Waals surface area (Å²) in [6.07, 6.45) is 14.2. The largest absolute Gasteiger partial charge is 0.504 e. The first-order chi connectivity index (χ1) is 16.6. The molecule has 0 saturated heterocycles. The van der Waals surface area contributed by atoms with Gasteiger partial charge in [0, 0.05) is 19.3 Å². The Labute approximate surface area is 208 Å². The molecule has 188 valence electrons. The molecule has 0 aliphatic heterocycles. The van der Waals surface area contributed by atoms with Gasteiger partial charge < -0.3 is 14.9 Å². The number of phenolic OH excluding ortho intramolecular Hbond substituents is 2. The van der Waals surface area contributed by atoms with E-state index >= 15 is 0 Å². The Bertz CT molecular complexity index is 1090. The SMILES string of the molecule is CC(=O)O[C@H]1CC[C@@]2(C)C(=CC[C@H]3[C@@H]4CC[C@H](C(=O)/C=C/c5ccc(O)c(O)c5)[C@@]4(C)CC[C@@H]32)C1. The van der Waals surface area contributed by atoms with E-state index in [9.17, 15) is 19.8 Å². The lowest BCUT2D eigenvalue weighted by Gasteiger charge is -2.58. The zero-order chi connectivity index (χ0) is 25.0. The van der Waals surface area contributed by atoms with Crippen LogP contribution in [0.5, 0.6) is 11.5 Å². The fraction of sp³-hybridized carbons (Fsp3) is 0.600. The van der Waals surface area contributed by atoms with Gasteiger partial charge in [-0.25, -0.2) is 0 Å². The van der Waals surface area contributed by atoms with Crippen LogP contribution in [0, 0.1) is 34.5 Å². The molecule has 5 heteroatoms. The first-order valence-corrected chi connectivity index (χ1v) is 13.2. The first kappa shape index (κ1) is 24.1. The van der Waals surface area contributed by atoms with Gasteiger partial charge in [-0.05, 0) is 97.3 Å². The van der Waals surface area contributed by atoms with E-state index in [0.717, 1.165) is 51.4 Å². The average molecular weight is 479 g/mol. The van der Waals surface area contributed by atoms with Crippen molar-refractivity contribution in [1.82, 2.24) is 0 Å². The summed E-state index contributed by atoms with van der Waals surface area (Å²) < 4.78 is 5.56. The van der Waals surface area contributed by atoms with Gasteiger partial charge in [0.15, 0.2) is 17.3 Å². The van der Waals surface area contributed by atoms with Crippen LogP contribution in [0.4, 0.5) is 0 Å². The topological polar surface area (TPSA) is 83.8 Å². The third kappa shape index (κ3) is 4.11. The number of fused-ring (bicyclic) bond motifs is 5. The Morgan fingerprint density at radius 1 is 1.03 bits per heavy atom. The third-order valence-corrected chi connectivity index (χ3v) is 10.2. The van der Waals surface area contributed by atoms with Crippen molar-refractivity contribution in [2.45, 2.75) is 78.2 Å². The van der Waals surface area contributed by atoms with Crippen molar-refractivity contribution in [2.24, 2.45) is 34.5 Å². The fourth-order valence-corrected chi connectivity index (χ4v) is 8.37. The number of hydrogen-bond acceptors (Lipinski definition) is 5. The van der Waals surface area contributed by atoms with E-state index in [1.54, 1.807) is 18.2 Å². The maximum Gasteiger partial charge on any atom is 0.302 e. The number of carbonyl (C=O) groups excluding carboxylic acids is 2. The van der Waals surface area contributed by atoms with Crippen molar-refractivity contribution in [1.29, 1.82) is 0 Å². The zero-order valence-electron chi connectivity index (χ0n) is 21.1. The van der Waals surface area contributed by atoms with Crippen molar-refractivity contribution >= 4 is 17.8 Å². The molecule has 0 unspecified atom stereocenters. The summed E-state index contributed by atoms with van der Waals surface area (Å²) in [5.41, 5.74) is 2.41. The molecule has 3 saturated carbocycles. The second-order valence-electron chi connectivity index (χ2n) is 11.9. The lowest BCUT2D eigenvalue weighted by molar-refractivity contribution is -0.149. The van der Waals surface area contributed by atoms with Crippen LogP contribution < -0.4 is 0 Å². The van der Waals surface area contributed by atoms with Gasteiger partial charge in [0.25, 0.3) is 0 Å². The monoisotopic (exact) mass is 478 g/mol. The number of benzene rings is 1. The zero-order valence-corrected chi connectivity index (χ0v) is 21.1. The Morgan fingerprint density at radius 2 is 1.83 bits per heavy atom. The number of allylic oxidation sites excluding steroid dienone is 2. The van der Waals surface area contributed by atoms with Crippen LogP contribution in [-0.2, 0) is 14.3 Å². The second kappa shape index (κ2) is 8.83. The number of ether oxygens (including phenoxy) is 1. The van der Waals surface area contributed by atoms with Crippen molar-refractivity contribution in [2.75, 3.05) is 0 Å². The standard InChI is InChI=1S/C30H38O5/c1-18(31)35-21-12-14-29(2)20(17-21)6-7-22-23-8-9-25(30(23,3)15-13-24(22)29)26(32)10-4-19-5-11-27(33)28(34)16-19/h4-6,10-11,16,21-25,33-34H,7-9,12-15,17H2,1-3H3/b10-4+/t21-,22-,23-,24-,25+,29-,30-/m0/s1. The number of hydrogen-bond donors (Lipinski definition) is 2. The van der Waals surface area contributed by atoms with Gasteiger partial charge in [0.2, 0.25) is 0 Å². The van der Waals surface area contributed by atoms with E-state index in [-0.39, 0.29) is 46.1 Å². The molecule has 1 aromatic rings. The van der Waals surface area contributed by atoms with E-state index < -0.39 is 0 Å². The highest BCUT2D eigenvalue weighted by Gasteiger charge is 2.59. The third-order valence-electron chi connectivity index (χ3n) is 10.2. The van der Waals surface area contributed by atoms with Gasteiger partial charge in [-0.15, -0.1) is 0 Å². The Balaban J connectivity index is 1.32. The smallest absolute Gasteiger partial charge is 0.302 e. The number of esters is 1. The molecule has 5 nitrogen and oxygen atoms in total. The molecule has 0 heterocycles. The molecule has 0 bridgehead atoms. The summed E-state index contributed by atoms with van der Waals surface area (Å²) in [5.74, 6) is 1.52. The first-order valence-electron chi connectivity index (χ1n) is 13.2. The summed E-state index contributed by atoms with van der Waals surface area (Å²) in [5, 5.41) is 19.3. The van der Waals surface area contributed by atoms with Crippen molar-refractivity contribution in [3.8, 4) is 11.5 Å². The van der Waals surface area contributed by atoms with Gasteiger partial charge in [-0.2, -0.15) is 0 Å². The maximum absolute atomic E-state index is 13.4. The minimum Gasteiger partial charge on any atom is -0.504 e. The van der Waals surface area contributed by atoms with Crippen LogP contribution in [0.2, 0.25) is 0 Å². The Kier molecular flexibility index (Phi) is 6.09. The second-order valence-corrected chi connectivity index (χ2v) is 11.9. The van der Waals surface area contributed by atoms with E-state index in [2.05, 4.69) is 19.9 Å². The molecule has 0 radical (unpaired) electrons. The molecule has 4 aliphatic rings. The van der Waals surface area contributed by atoms with Crippen LogP contribution in [0.3, 0.4) is 0 Å². The van der Waals surface area contributed by atoms with Crippen LogP contribution in [0.15, 0.2) is 35.9 Å². The van der Waals surface area contributed by atoms with E-state index in [1.807, 2.05) is 0 Å². The van der Waals surface area contributed by atoms with Gasteiger partial charge in [-0.3, -0.25) is 9.59 Å². The van der Waals surface area contributed by atoms with Crippen molar-refractivity contribution < 1.29 is 24.5 Å². The van der Waals surface area contributed by atoms with Gasteiger partial charge in [0.1, 0.15) is 6.10 Å². The Hall–Kier alpha value is -2.56. The Morgan fingerprint density at radius 3 is 2.57 bits per heavy atom. The molecule has 4 aliphatic carbocycles. The molecule has 2 N–H and O–H groups in total. The number of rotatable bonds is 4. The molecule has 0 spiro atoms. The lowest BCUT2D eigenvalue weighted by atomic mass is 9.47. The fourth-order valence-electron chi connectivity index (χ4n) is 8.37. The van der Waals surface area contributed by atoms with E-state index in [4.69, 9.17) is 4.74 Å². The van der Waals surface area contributed by atoms with E-state index in [0.29, 0.717) is 23.3 Å². The van der Waals surface area contributed by atoms with Crippen molar-refractivity contribution in [3.05, 3.63) is 41.5 Å².